The zero-order valence-corrected chi connectivity index (χ0v) is 17.9. The summed E-state index contributed by atoms with van der Waals surface area (Å²) in [5.74, 6) is -2.09. The Labute approximate surface area is 194 Å². The molecule has 0 amide bonds. The molecule has 1 saturated heterocycles. The van der Waals surface area contributed by atoms with Crippen molar-refractivity contribution in [1.29, 1.82) is 0 Å². The van der Waals surface area contributed by atoms with Gasteiger partial charge in [0.25, 0.3) is 0 Å². The Balaban J connectivity index is 1.19. The van der Waals surface area contributed by atoms with Crippen molar-refractivity contribution in [2.24, 2.45) is 5.92 Å². The number of hydrogen-bond donors (Lipinski definition) is 0. The standard InChI is InChI=1S/C23H17F5N4O3/c24-15-3-11(4-16(25)21(15)35-14-1-2-29-18(7-14)23(26,27)28)10-34-19-8-20-31(22(33)30-19)9-13-5-12-6-17(12)32(13)20/h1-4,7-8,12-13,17H,5-6,9-10H2. The number of fused-ring (bicyclic) bond motifs is 5. The van der Waals surface area contributed by atoms with Crippen LogP contribution in [0.15, 0.2) is 41.3 Å². The van der Waals surface area contributed by atoms with Gasteiger partial charge in [-0.15, -0.1) is 0 Å². The molecule has 3 aromatic rings. The molecule has 35 heavy (non-hydrogen) atoms. The van der Waals surface area contributed by atoms with Crippen LogP contribution in [0.2, 0.25) is 0 Å². The van der Waals surface area contributed by atoms with Crippen molar-refractivity contribution in [3.05, 3.63) is 69.9 Å². The monoisotopic (exact) mass is 492 g/mol. The van der Waals surface area contributed by atoms with Crippen molar-refractivity contribution in [1.82, 2.24) is 14.5 Å². The van der Waals surface area contributed by atoms with E-state index in [1.54, 1.807) is 10.6 Å². The first-order chi connectivity index (χ1) is 16.7. The fourth-order valence-corrected chi connectivity index (χ4v) is 4.92. The van der Waals surface area contributed by atoms with Crippen LogP contribution in [0.3, 0.4) is 0 Å². The summed E-state index contributed by atoms with van der Waals surface area (Å²) in [6.45, 7) is 0.307. The normalized spacial score (nSPS) is 22.0. The molecule has 0 bridgehead atoms. The predicted octanol–water partition coefficient (Wildman–Crippen LogP) is 4.29. The second-order valence-electron chi connectivity index (χ2n) is 8.86. The molecule has 3 aliphatic rings. The molecule has 2 aliphatic heterocycles. The molecule has 182 valence electrons. The Morgan fingerprint density at radius 2 is 1.86 bits per heavy atom. The summed E-state index contributed by atoms with van der Waals surface area (Å²) in [6, 6.07) is 5.86. The molecule has 2 fully saturated rings. The summed E-state index contributed by atoms with van der Waals surface area (Å²) in [6.07, 6.45) is -1.75. The van der Waals surface area contributed by atoms with Crippen molar-refractivity contribution in [2.75, 3.05) is 4.90 Å². The Hall–Kier alpha value is -3.70. The molecule has 2 aromatic heterocycles. The van der Waals surface area contributed by atoms with Crippen LogP contribution in [-0.2, 0) is 19.3 Å². The Bertz CT molecular complexity index is 1370. The van der Waals surface area contributed by atoms with Crippen LogP contribution in [-0.4, -0.2) is 26.6 Å². The largest absolute Gasteiger partial charge is 0.473 e. The van der Waals surface area contributed by atoms with Crippen LogP contribution in [0.1, 0.15) is 24.1 Å². The van der Waals surface area contributed by atoms with Gasteiger partial charge in [0.15, 0.2) is 17.4 Å². The number of anilines is 1. The van der Waals surface area contributed by atoms with E-state index in [1.807, 2.05) is 0 Å². The molecule has 0 N–H and O–H groups in total. The van der Waals surface area contributed by atoms with Crippen molar-refractivity contribution in [2.45, 2.75) is 44.3 Å². The summed E-state index contributed by atoms with van der Waals surface area (Å²) in [5.41, 5.74) is -1.61. The van der Waals surface area contributed by atoms with Gasteiger partial charge in [-0.3, -0.25) is 9.55 Å². The van der Waals surface area contributed by atoms with E-state index in [-0.39, 0.29) is 24.1 Å². The lowest BCUT2D eigenvalue weighted by atomic mass is 10.2. The molecule has 3 unspecified atom stereocenters. The molecule has 1 aromatic carbocycles. The number of benzene rings is 1. The fourth-order valence-electron chi connectivity index (χ4n) is 4.92. The van der Waals surface area contributed by atoms with Crippen molar-refractivity contribution >= 4 is 5.82 Å². The van der Waals surface area contributed by atoms with Crippen LogP contribution < -0.4 is 20.1 Å². The highest BCUT2D eigenvalue weighted by Crippen LogP contribution is 2.52. The van der Waals surface area contributed by atoms with Crippen LogP contribution in [0, 0.1) is 17.6 Å². The fraction of sp³-hybridized carbons (Fsp3) is 0.348. The molecule has 6 rings (SSSR count). The summed E-state index contributed by atoms with van der Waals surface area (Å²) in [4.78, 5) is 21.8. The van der Waals surface area contributed by atoms with Gasteiger partial charge >= 0.3 is 11.9 Å². The first-order valence-corrected chi connectivity index (χ1v) is 10.9. The number of pyridine rings is 1. The number of rotatable bonds is 5. The van der Waals surface area contributed by atoms with Crippen molar-refractivity contribution in [3.8, 4) is 17.4 Å². The zero-order chi connectivity index (χ0) is 24.5. The first kappa shape index (κ1) is 21.8. The van der Waals surface area contributed by atoms with E-state index in [0.717, 1.165) is 43.1 Å². The lowest BCUT2D eigenvalue weighted by molar-refractivity contribution is -0.141. The lowest BCUT2D eigenvalue weighted by Crippen LogP contribution is -2.28. The number of piperidine rings is 1. The molecule has 7 nitrogen and oxygen atoms in total. The van der Waals surface area contributed by atoms with Crippen molar-refractivity contribution in [3.63, 3.8) is 0 Å². The van der Waals surface area contributed by atoms with Gasteiger partial charge in [0.05, 0.1) is 0 Å². The minimum Gasteiger partial charge on any atom is -0.473 e. The topological polar surface area (TPSA) is 69.5 Å². The molecule has 0 radical (unpaired) electrons. The maximum Gasteiger partial charge on any atom is 0.433 e. The zero-order valence-electron chi connectivity index (χ0n) is 17.9. The third-order valence-electron chi connectivity index (χ3n) is 6.52. The molecule has 3 atom stereocenters. The molecule has 12 heteroatoms. The number of hydrogen-bond acceptors (Lipinski definition) is 6. The summed E-state index contributed by atoms with van der Waals surface area (Å²) < 4.78 is 79.8. The molecular formula is C23H17F5N4O3. The quantitative estimate of drug-likeness (QED) is 0.495. The number of nitrogens with zero attached hydrogens (tertiary/aromatic N) is 4. The first-order valence-electron chi connectivity index (χ1n) is 10.9. The highest BCUT2D eigenvalue weighted by molar-refractivity contribution is 5.52. The third kappa shape index (κ3) is 3.86. The van der Waals surface area contributed by atoms with Gasteiger partial charge in [-0.2, -0.15) is 18.2 Å². The van der Waals surface area contributed by atoms with E-state index < -0.39 is 40.7 Å². The van der Waals surface area contributed by atoms with Gasteiger partial charge in [0, 0.05) is 37.0 Å². The van der Waals surface area contributed by atoms with E-state index in [4.69, 9.17) is 9.47 Å². The smallest absolute Gasteiger partial charge is 0.433 e. The number of alkyl halides is 3. The van der Waals surface area contributed by atoms with E-state index in [9.17, 15) is 26.7 Å². The number of ether oxygens (including phenoxy) is 2. The number of aromatic nitrogens is 3. The minimum absolute atomic E-state index is 0.0450. The molecular weight excluding hydrogens is 475 g/mol. The van der Waals surface area contributed by atoms with Crippen LogP contribution in [0.5, 0.6) is 17.4 Å². The Kier molecular flexibility index (Phi) is 4.77. The van der Waals surface area contributed by atoms with E-state index in [2.05, 4.69) is 14.9 Å². The van der Waals surface area contributed by atoms with Crippen LogP contribution in [0.4, 0.5) is 27.8 Å². The van der Waals surface area contributed by atoms with Gasteiger partial charge < -0.3 is 14.4 Å². The average Bonchev–Trinajstić information content (AvgIpc) is 3.30. The molecule has 1 saturated carbocycles. The van der Waals surface area contributed by atoms with Gasteiger partial charge in [-0.05, 0) is 42.5 Å². The second kappa shape index (κ2) is 7.65. The van der Waals surface area contributed by atoms with Crippen LogP contribution in [0.25, 0.3) is 0 Å². The number of halogens is 5. The van der Waals surface area contributed by atoms with Gasteiger partial charge in [0.1, 0.15) is 23.9 Å². The SMILES string of the molecule is O=c1nc(OCc2cc(F)c(Oc3ccnc(C(F)(F)F)c3)c(F)c2)cc2n1CC1CC3CC3N21. The minimum atomic E-state index is -4.73. The maximum absolute atomic E-state index is 14.6. The highest BCUT2D eigenvalue weighted by atomic mass is 19.4. The van der Waals surface area contributed by atoms with E-state index >= 15 is 0 Å². The molecule has 1 aliphatic carbocycles. The highest BCUT2D eigenvalue weighted by Gasteiger charge is 2.55. The Morgan fingerprint density at radius 3 is 2.60 bits per heavy atom. The van der Waals surface area contributed by atoms with Gasteiger partial charge in [-0.1, -0.05) is 0 Å². The average molecular weight is 492 g/mol. The lowest BCUT2D eigenvalue weighted by Gasteiger charge is -2.20. The Morgan fingerprint density at radius 1 is 1.09 bits per heavy atom. The van der Waals surface area contributed by atoms with Crippen LogP contribution >= 0.6 is 0 Å². The van der Waals surface area contributed by atoms with Gasteiger partial charge in [-0.25, -0.2) is 13.6 Å². The summed E-state index contributed by atoms with van der Waals surface area (Å²) in [7, 11) is 0. The third-order valence-corrected chi connectivity index (χ3v) is 6.52. The van der Waals surface area contributed by atoms with Gasteiger partial charge in [0.2, 0.25) is 5.88 Å². The molecule has 4 heterocycles. The predicted molar refractivity (Wildman–Crippen MR) is 111 cm³/mol. The molecule has 0 spiro atoms. The van der Waals surface area contributed by atoms with Crippen molar-refractivity contribution < 1.29 is 31.4 Å². The summed E-state index contributed by atoms with van der Waals surface area (Å²) >= 11 is 0. The summed E-state index contributed by atoms with van der Waals surface area (Å²) in [5, 5.41) is 0. The van der Waals surface area contributed by atoms with E-state index in [0.29, 0.717) is 24.6 Å². The maximum atomic E-state index is 14.6. The van der Waals surface area contributed by atoms with E-state index in [1.165, 1.54) is 0 Å². The second-order valence-corrected chi connectivity index (χ2v) is 8.86.